The van der Waals surface area contributed by atoms with E-state index in [-0.39, 0.29) is 33.7 Å². The number of rotatable bonds is 5. The first-order valence-electron chi connectivity index (χ1n) is 8.90. The highest BCUT2D eigenvalue weighted by Crippen LogP contribution is 2.35. The fourth-order valence-corrected chi connectivity index (χ4v) is 2.93. The van der Waals surface area contributed by atoms with Crippen molar-refractivity contribution in [2.75, 3.05) is 5.73 Å². The number of nitrogen functional groups attached to an aromatic ring is 1. The maximum atomic E-state index is 15.0. The zero-order chi connectivity index (χ0) is 21.7. The fourth-order valence-electron chi connectivity index (χ4n) is 2.56. The molecule has 0 unspecified atom stereocenters. The lowest BCUT2D eigenvalue weighted by Crippen LogP contribution is -2.24. The van der Waals surface area contributed by atoms with Gasteiger partial charge in [0.15, 0.2) is 17.3 Å². The molecule has 0 fully saturated rings. The lowest BCUT2D eigenvalue weighted by molar-refractivity contribution is 0.0946. The molecule has 0 saturated heterocycles. The first-order valence-corrected chi connectivity index (χ1v) is 9.65. The smallest absolute Gasteiger partial charge is 0.273 e. The number of hydrogen-bond donors (Lipinski definition) is 3. The Labute approximate surface area is 182 Å². The van der Waals surface area contributed by atoms with Gasteiger partial charge < -0.3 is 20.8 Å². The minimum Gasteiger partial charge on any atom is -0.453 e. The Morgan fingerprint density at radius 1 is 1.33 bits per heavy atom. The van der Waals surface area contributed by atoms with E-state index >= 15 is 4.39 Å². The van der Waals surface area contributed by atoms with Crippen molar-refractivity contribution >= 4 is 34.8 Å². The standard InChI is InChI=1S/C21H17Cl2FN4O2/c1-2-3-4-12-7-14(25)9-15(8-12)30-19-16(22)6-5-13(17(19)24)10-26-21(29)18-20(23)28-11-27-18/h5-9,11H,2,10,25H2,1H3,(H,26,29)(H,27,28). The quantitative estimate of drug-likeness (QED) is 0.382. The average molecular weight is 447 g/mol. The Morgan fingerprint density at radius 2 is 2.13 bits per heavy atom. The Morgan fingerprint density at radius 3 is 2.83 bits per heavy atom. The van der Waals surface area contributed by atoms with E-state index in [2.05, 4.69) is 27.1 Å². The molecule has 154 valence electrons. The molecule has 0 atom stereocenters. The highest BCUT2D eigenvalue weighted by atomic mass is 35.5. The molecule has 1 heterocycles. The number of nitrogens with zero attached hydrogens (tertiary/aromatic N) is 1. The van der Waals surface area contributed by atoms with Crippen molar-refractivity contribution in [3.63, 3.8) is 0 Å². The molecular formula is C21H17Cl2FN4O2. The molecule has 30 heavy (non-hydrogen) atoms. The summed E-state index contributed by atoms with van der Waals surface area (Å²) in [5, 5.41) is 2.72. The summed E-state index contributed by atoms with van der Waals surface area (Å²) in [5.74, 6) is 4.74. The predicted octanol–water partition coefficient (Wildman–Crippen LogP) is 4.92. The van der Waals surface area contributed by atoms with Crippen molar-refractivity contribution < 1.29 is 13.9 Å². The lowest BCUT2D eigenvalue weighted by atomic mass is 10.1. The number of halogens is 3. The summed E-state index contributed by atoms with van der Waals surface area (Å²) in [6.07, 6.45) is 1.97. The van der Waals surface area contributed by atoms with Gasteiger partial charge in [0.1, 0.15) is 10.9 Å². The van der Waals surface area contributed by atoms with Crippen LogP contribution in [0, 0.1) is 17.7 Å². The third-order valence-corrected chi connectivity index (χ3v) is 4.52. The van der Waals surface area contributed by atoms with Gasteiger partial charge in [-0.25, -0.2) is 9.37 Å². The summed E-state index contributed by atoms with van der Waals surface area (Å²) in [5.41, 5.74) is 7.14. The summed E-state index contributed by atoms with van der Waals surface area (Å²) < 4.78 is 20.7. The van der Waals surface area contributed by atoms with Crippen molar-refractivity contribution in [2.45, 2.75) is 19.9 Å². The lowest BCUT2D eigenvalue weighted by Gasteiger charge is -2.13. The maximum Gasteiger partial charge on any atom is 0.273 e. The molecule has 1 aromatic heterocycles. The van der Waals surface area contributed by atoms with Crippen molar-refractivity contribution in [3.05, 3.63) is 69.5 Å². The van der Waals surface area contributed by atoms with Crippen LogP contribution in [0.4, 0.5) is 10.1 Å². The zero-order valence-corrected chi connectivity index (χ0v) is 17.4. The highest BCUT2D eigenvalue weighted by molar-refractivity contribution is 6.32. The van der Waals surface area contributed by atoms with E-state index in [4.69, 9.17) is 33.7 Å². The predicted molar refractivity (Wildman–Crippen MR) is 114 cm³/mol. The Hall–Kier alpha value is -3.21. The molecule has 9 heteroatoms. The topological polar surface area (TPSA) is 93.0 Å². The number of amides is 1. The van der Waals surface area contributed by atoms with Gasteiger partial charge in [0.05, 0.1) is 11.3 Å². The SMILES string of the molecule is CCC#Cc1cc(N)cc(Oc2c(Cl)ccc(CNC(=O)c3nc[nH]c3Cl)c2F)c1. The first-order chi connectivity index (χ1) is 14.4. The molecule has 0 spiro atoms. The monoisotopic (exact) mass is 446 g/mol. The van der Waals surface area contributed by atoms with Crippen LogP contribution in [0.1, 0.15) is 35.0 Å². The third kappa shape index (κ3) is 5.03. The average Bonchev–Trinajstić information content (AvgIpc) is 3.14. The largest absolute Gasteiger partial charge is 0.453 e. The third-order valence-electron chi connectivity index (χ3n) is 3.93. The van der Waals surface area contributed by atoms with Crippen LogP contribution in [-0.2, 0) is 6.54 Å². The summed E-state index contributed by atoms with van der Waals surface area (Å²) in [4.78, 5) is 18.5. The second-order valence-corrected chi connectivity index (χ2v) is 6.93. The van der Waals surface area contributed by atoms with Crippen molar-refractivity contribution in [3.8, 4) is 23.3 Å². The molecule has 0 radical (unpaired) electrons. The number of hydrogen-bond acceptors (Lipinski definition) is 4. The number of nitrogens with two attached hydrogens (primary N) is 1. The van der Waals surface area contributed by atoms with E-state index in [1.807, 2.05) is 6.92 Å². The van der Waals surface area contributed by atoms with Crippen LogP contribution in [0.15, 0.2) is 36.7 Å². The summed E-state index contributed by atoms with van der Waals surface area (Å²) in [6.45, 7) is 1.81. The van der Waals surface area contributed by atoms with Gasteiger partial charge in [0.25, 0.3) is 5.91 Å². The Bertz CT molecular complexity index is 1150. The first kappa shape index (κ1) is 21.5. The molecule has 2 aromatic carbocycles. The molecule has 0 bridgehead atoms. The molecule has 6 nitrogen and oxygen atoms in total. The number of H-pyrrole nitrogens is 1. The summed E-state index contributed by atoms with van der Waals surface area (Å²) >= 11 is 12.0. The molecule has 0 saturated carbocycles. The number of anilines is 1. The Balaban J connectivity index is 1.82. The summed E-state index contributed by atoms with van der Waals surface area (Å²) in [6, 6.07) is 7.81. The van der Waals surface area contributed by atoms with E-state index < -0.39 is 11.7 Å². The number of imidazole rings is 1. The minimum absolute atomic E-state index is 0.0167. The van der Waals surface area contributed by atoms with Crippen LogP contribution >= 0.6 is 23.2 Å². The van der Waals surface area contributed by atoms with Crippen molar-refractivity contribution in [1.82, 2.24) is 15.3 Å². The second kappa shape index (κ2) is 9.53. The normalized spacial score (nSPS) is 10.3. The number of aromatic amines is 1. The molecule has 0 aliphatic heterocycles. The van der Waals surface area contributed by atoms with Crippen LogP contribution < -0.4 is 15.8 Å². The van der Waals surface area contributed by atoms with Gasteiger partial charge in [0, 0.05) is 35.8 Å². The van der Waals surface area contributed by atoms with Gasteiger partial charge in [-0.15, -0.1) is 0 Å². The van der Waals surface area contributed by atoms with Gasteiger partial charge in [-0.2, -0.15) is 0 Å². The molecular weight excluding hydrogens is 430 g/mol. The van der Waals surface area contributed by atoms with Gasteiger partial charge in [-0.1, -0.05) is 48.0 Å². The maximum absolute atomic E-state index is 15.0. The van der Waals surface area contributed by atoms with Crippen LogP contribution in [0.3, 0.4) is 0 Å². The number of carbonyl (C=O) groups excluding carboxylic acids is 1. The number of ether oxygens (including phenoxy) is 1. The molecule has 3 rings (SSSR count). The molecule has 3 aromatic rings. The van der Waals surface area contributed by atoms with Crippen LogP contribution in [-0.4, -0.2) is 15.9 Å². The highest BCUT2D eigenvalue weighted by Gasteiger charge is 2.18. The number of carbonyl (C=O) groups is 1. The van der Waals surface area contributed by atoms with Gasteiger partial charge in [-0.3, -0.25) is 4.79 Å². The van der Waals surface area contributed by atoms with E-state index in [0.29, 0.717) is 23.4 Å². The minimum atomic E-state index is -0.709. The van der Waals surface area contributed by atoms with Gasteiger partial charge in [0.2, 0.25) is 0 Å². The van der Waals surface area contributed by atoms with Crippen LogP contribution in [0.5, 0.6) is 11.5 Å². The van der Waals surface area contributed by atoms with Gasteiger partial charge in [-0.05, 0) is 18.2 Å². The van der Waals surface area contributed by atoms with E-state index in [9.17, 15) is 4.79 Å². The Kier molecular flexibility index (Phi) is 6.83. The van der Waals surface area contributed by atoms with Crippen molar-refractivity contribution in [2.24, 2.45) is 0 Å². The molecule has 0 aliphatic carbocycles. The van der Waals surface area contributed by atoms with Crippen molar-refractivity contribution in [1.29, 1.82) is 0 Å². The zero-order valence-electron chi connectivity index (χ0n) is 15.9. The van der Waals surface area contributed by atoms with E-state index in [1.165, 1.54) is 18.5 Å². The number of nitrogens with one attached hydrogen (secondary N) is 2. The second-order valence-electron chi connectivity index (χ2n) is 6.15. The van der Waals surface area contributed by atoms with E-state index in [1.54, 1.807) is 18.2 Å². The van der Waals surface area contributed by atoms with Gasteiger partial charge >= 0.3 is 0 Å². The van der Waals surface area contributed by atoms with Crippen LogP contribution in [0.2, 0.25) is 10.2 Å². The number of aromatic nitrogens is 2. The molecule has 0 aliphatic rings. The number of benzene rings is 2. The van der Waals surface area contributed by atoms with E-state index in [0.717, 1.165) is 0 Å². The molecule has 4 N–H and O–H groups in total. The summed E-state index contributed by atoms with van der Waals surface area (Å²) in [7, 11) is 0. The fraction of sp³-hybridized carbons (Fsp3) is 0.143. The van der Waals surface area contributed by atoms with Crippen LogP contribution in [0.25, 0.3) is 0 Å². The molecule has 1 amide bonds.